The molecule has 3 unspecified atom stereocenters. The highest BCUT2D eigenvalue weighted by molar-refractivity contribution is 7.18. The Morgan fingerprint density at radius 1 is 1.29 bits per heavy atom. The van der Waals surface area contributed by atoms with Crippen LogP contribution >= 0.6 is 11.3 Å². The van der Waals surface area contributed by atoms with Gasteiger partial charge in [0.05, 0.1) is 5.39 Å². The first-order valence-electron chi connectivity index (χ1n) is 7.92. The number of rotatable bonds is 4. The third-order valence-electron chi connectivity index (χ3n) is 5.16. The highest BCUT2D eigenvalue weighted by Gasteiger charge is 2.39. The van der Waals surface area contributed by atoms with Crippen molar-refractivity contribution in [3.05, 3.63) is 10.9 Å². The fourth-order valence-electron chi connectivity index (χ4n) is 4.14. The Morgan fingerprint density at radius 3 is 2.90 bits per heavy atom. The molecule has 2 aromatic heterocycles. The van der Waals surface area contributed by atoms with Gasteiger partial charge in [-0.1, -0.05) is 6.42 Å². The number of hydrogen-bond acceptors (Lipinski definition) is 5. The third-order valence-corrected chi connectivity index (χ3v) is 6.10. The van der Waals surface area contributed by atoms with E-state index in [4.69, 9.17) is 0 Å². The summed E-state index contributed by atoms with van der Waals surface area (Å²) in [6.45, 7) is 3.19. The predicted molar refractivity (Wildman–Crippen MR) is 89.1 cm³/mol. The molecule has 4 rings (SSSR count). The van der Waals surface area contributed by atoms with Crippen molar-refractivity contribution in [2.24, 2.45) is 17.8 Å². The van der Waals surface area contributed by atoms with Gasteiger partial charge < -0.3 is 10.6 Å². The maximum atomic E-state index is 4.63. The Morgan fingerprint density at radius 2 is 2.19 bits per heavy atom. The molecule has 0 radical (unpaired) electrons. The highest BCUT2D eigenvalue weighted by Crippen LogP contribution is 2.48. The lowest BCUT2D eigenvalue weighted by Crippen LogP contribution is -2.20. The van der Waals surface area contributed by atoms with E-state index in [1.807, 2.05) is 7.05 Å². The van der Waals surface area contributed by atoms with Gasteiger partial charge in [-0.3, -0.25) is 0 Å². The van der Waals surface area contributed by atoms with E-state index in [0.717, 1.165) is 34.9 Å². The zero-order valence-corrected chi connectivity index (χ0v) is 13.5. The summed E-state index contributed by atoms with van der Waals surface area (Å²) in [6.07, 6.45) is 5.78. The smallest absolute Gasteiger partial charge is 0.225 e. The molecule has 4 nitrogen and oxygen atoms in total. The SMILES string of the molecule is CNc1nc(NCC2CC3CCC2C3)c2cc(C)sc2n1. The molecule has 0 aromatic carbocycles. The molecule has 2 aliphatic carbocycles. The Hall–Kier alpha value is -1.36. The van der Waals surface area contributed by atoms with Crippen molar-refractivity contribution in [2.45, 2.75) is 32.6 Å². The van der Waals surface area contributed by atoms with Crippen LogP contribution in [0.2, 0.25) is 0 Å². The van der Waals surface area contributed by atoms with E-state index < -0.39 is 0 Å². The van der Waals surface area contributed by atoms with Crippen LogP contribution in [-0.2, 0) is 0 Å². The second-order valence-corrected chi connectivity index (χ2v) is 7.77. The third kappa shape index (κ3) is 2.37. The molecule has 2 fully saturated rings. The van der Waals surface area contributed by atoms with Crippen LogP contribution in [0.5, 0.6) is 0 Å². The minimum Gasteiger partial charge on any atom is -0.369 e. The lowest BCUT2D eigenvalue weighted by Gasteiger charge is -2.22. The van der Waals surface area contributed by atoms with Crippen molar-refractivity contribution in [1.82, 2.24) is 9.97 Å². The summed E-state index contributed by atoms with van der Waals surface area (Å²) in [6, 6.07) is 2.20. The summed E-state index contributed by atoms with van der Waals surface area (Å²) in [5, 5.41) is 7.85. The standard InChI is InChI=1S/C16H22N4S/c1-9-5-13-14(19-16(17-2)20-15(13)21-9)18-8-12-7-10-3-4-11(12)6-10/h5,10-12H,3-4,6-8H2,1-2H3,(H2,17,18,19,20). The van der Waals surface area contributed by atoms with Crippen LogP contribution in [0.4, 0.5) is 11.8 Å². The second kappa shape index (κ2) is 5.13. The summed E-state index contributed by atoms with van der Waals surface area (Å²) in [5.41, 5.74) is 0. The Labute approximate surface area is 129 Å². The Kier molecular flexibility index (Phi) is 3.25. The average Bonchev–Trinajstić information content (AvgIpc) is 3.18. The van der Waals surface area contributed by atoms with Crippen LogP contribution in [0, 0.1) is 24.7 Å². The maximum Gasteiger partial charge on any atom is 0.225 e. The first-order valence-corrected chi connectivity index (χ1v) is 8.74. The molecule has 2 aromatic rings. The van der Waals surface area contributed by atoms with Gasteiger partial charge in [0.25, 0.3) is 0 Å². The topological polar surface area (TPSA) is 49.8 Å². The summed E-state index contributed by atoms with van der Waals surface area (Å²) < 4.78 is 0. The zero-order chi connectivity index (χ0) is 14.4. The van der Waals surface area contributed by atoms with Gasteiger partial charge in [-0.15, -0.1) is 11.3 Å². The Balaban J connectivity index is 1.57. The van der Waals surface area contributed by atoms with Gasteiger partial charge in [-0.2, -0.15) is 4.98 Å². The summed E-state index contributed by atoms with van der Waals surface area (Å²) >= 11 is 1.73. The van der Waals surface area contributed by atoms with Gasteiger partial charge >= 0.3 is 0 Å². The number of nitrogens with one attached hydrogen (secondary N) is 2. The van der Waals surface area contributed by atoms with E-state index in [0.29, 0.717) is 5.95 Å². The van der Waals surface area contributed by atoms with Crippen LogP contribution in [-0.4, -0.2) is 23.6 Å². The first-order chi connectivity index (χ1) is 10.2. The monoisotopic (exact) mass is 302 g/mol. The largest absolute Gasteiger partial charge is 0.369 e. The summed E-state index contributed by atoms with van der Waals surface area (Å²) in [7, 11) is 1.88. The van der Waals surface area contributed by atoms with Crippen molar-refractivity contribution in [3.63, 3.8) is 0 Å². The van der Waals surface area contributed by atoms with Crippen molar-refractivity contribution < 1.29 is 0 Å². The molecule has 3 atom stereocenters. The summed E-state index contributed by atoms with van der Waals surface area (Å²) in [4.78, 5) is 11.5. The van der Waals surface area contributed by atoms with Crippen molar-refractivity contribution >= 4 is 33.3 Å². The van der Waals surface area contributed by atoms with Crippen LogP contribution in [0.3, 0.4) is 0 Å². The van der Waals surface area contributed by atoms with Crippen LogP contribution in [0.15, 0.2) is 6.07 Å². The molecule has 2 aliphatic rings. The van der Waals surface area contributed by atoms with Gasteiger partial charge in [-0.25, -0.2) is 4.98 Å². The number of aryl methyl sites for hydroxylation is 1. The van der Waals surface area contributed by atoms with Crippen LogP contribution in [0.25, 0.3) is 10.2 Å². The predicted octanol–water partition coefficient (Wildman–Crippen LogP) is 3.89. The lowest BCUT2D eigenvalue weighted by molar-refractivity contribution is 0.348. The van der Waals surface area contributed by atoms with Gasteiger partial charge in [0, 0.05) is 18.5 Å². The molecule has 5 heteroatoms. The van der Waals surface area contributed by atoms with E-state index in [1.165, 1.54) is 35.9 Å². The minimum absolute atomic E-state index is 0.708. The fraction of sp³-hybridized carbons (Fsp3) is 0.625. The van der Waals surface area contributed by atoms with E-state index >= 15 is 0 Å². The number of thiophene rings is 1. The molecule has 112 valence electrons. The number of anilines is 2. The summed E-state index contributed by atoms with van der Waals surface area (Å²) in [5.74, 6) is 4.50. The maximum absolute atomic E-state index is 4.63. The van der Waals surface area contributed by atoms with Crippen molar-refractivity contribution in [3.8, 4) is 0 Å². The van der Waals surface area contributed by atoms with E-state index in [1.54, 1.807) is 11.3 Å². The van der Waals surface area contributed by atoms with Crippen molar-refractivity contribution in [2.75, 3.05) is 24.2 Å². The molecule has 0 aliphatic heterocycles. The van der Waals surface area contributed by atoms with Crippen LogP contribution < -0.4 is 10.6 Å². The molecule has 0 amide bonds. The molecule has 2 saturated carbocycles. The first kappa shape index (κ1) is 13.3. The second-order valence-electron chi connectivity index (χ2n) is 6.54. The quantitative estimate of drug-likeness (QED) is 0.899. The number of nitrogens with zero attached hydrogens (tertiary/aromatic N) is 2. The normalized spacial score (nSPS) is 27.4. The Bertz CT molecular complexity index is 666. The molecule has 2 heterocycles. The van der Waals surface area contributed by atoms with Gasteiger partial charge in [0.2, 0.25) is 5.95 Å². The molecular weight excluding hydrogens is 280 g/mol. The molecule has 0 spiro atoms. The number of fused-ring (bicyclic) bond motifs is 3. The molecule has 0 saturated heterocycles. The lowest BCUT2D eigenvalue weighted by atomic mass is 9.89. The molecular formula is C16H22N4S. The van der Waals surface area contributed by atoms with Crippen LogP contribution in [0.1, 0.15) is 30.6 Å². The van der Waals surface area contributed by atoms with Gasteiger partial charge in [-0.05, 0) is 50.0 Å². The average molecular weight is 302 g/mol. The van der Waals surface area contributed by atoms with Gasteiger partial charge in [0.15, 0.2) is 0 Å². The van der Waals surface area contributed by atoms with Gasteiger partial charge in [0.1, 0.15) is 10.6 Å². The van der Waals surface area contributed by atoms with E-state index in [2.05, 4.69) is 33.6 Å². The van der Waals surface area contributed by atoms with E-state index in [-0.39, 0.29) is 0 Å². The molecule has 2 N–H and O–H groups in total. The number of aromatic nitrogens is 2. The van der Waals surface area contributed by atoms with Crippen molar-refractivity contribution in [1.29, 1.82) is 0 Å². The fourth-order valence-corrected chi connectivity index (χ4v) is 5.02. The highest BCUT2D eigenvalue weighted by atomic mass is 32.1. The molecule has 2 bridgehead atoms. The van der Waals surface area contributed by atoms with E-state index in [9.17, 15) is 0 Å². The number of hydrogen-bond donors (Lipinski definition) is 2. The molecule has 21 heavy (non-hydrogen) atoms. The minimum atomic E-state index is 0.708. The zero-order valence-electron chi connectivity index (χ0n) is 12.6.